The van der Waals surface area contributed by atoms with Crippen LogP contribution in [0, 0.1) is 5.92 Å². The molecule has 10 heteroatoms. The highest BCUT2D eigenvalue weighted by atomic mass is 16.7. The van der Waals surface area contributed by atoms with Crippen LogP contribution in [-0.4, -0.2) is 60.9 Å². The lowest BCUT2D eigenvalue weighted by atomic mass is 10.0. The molecule has 0 aliphatic carbocycles. The van der Waals surface area contributed by atoms with Crippen molar-refractivity contribution in [3.8, 4) is 6.01 Å². The van der Waals surface area contributed by atoms with Crippen LogP contribution in [0.2, 0.25) is 0 Å². The summed E-state index contributed by atoms with van der Waals surface area (Å²) < 4.78 is 9.53. The van der Waals surface area contributed by atoms with Gasteiger partial charge in [-0.1, -0.05) is 5.16 Å². The number of hydrogen-bond acceptors (Lipinski definition) is 10. The second kappa shape index (κ2) is 5.69. The number of anilines is 1. The monoisotopic (exact) mass is 295 g/mol. The number of rotatable bonds is 4. The molecule has 0 saturated heterocycles. The van der Waals surface area contributed by atoms with Crippen molar-refractivity contribution in [2.45, 2.75) is 0 Å². The minimum Gasteiger partial charge on any atom is -0.468 e. The molecule has 2 rings (SSSR count). The second-order valence-electron chi connectivity index (χ2n) is 4.18. The molecule has 21 heavy (non-hydrogen) atoms. The smallest absolute Gasteiger partial charge is 0.355 e. The van der Waals surface area contributed by atoms with Crippen molar-refractivity contribution < 1.29 is 23.9 Å². The summed E-state index contributed by atoms with van der Waals surface area (Å²) in [5, 5.41) is 3.55. The van der Waals surface area contributed by atoms with Crippen LogP contribution in [0.25, 0.3) is 0 Å². The molecule has 0 fully saturated rings. The number of carbonyl (C=O) groups is 2. The van der Waals surface area contributed by atoms with Gasteiger partial charge in [0.1, 0.15) is 0 Å². The van der Waals surface area contributed by atoms with E-state index in [9.17, 15) is 9.59 Å². The van der Waals surface area contributed by atoms with E-state index in [4.69, 9.17) is 4.74 Å². The predicted molar refractivity (Wildman–Crippen MR) is 68.8 cm³/mol. The first-order chi connectivity index (χ1) is 9.97. The molecule has 1 atom stereocenters. The third kappa shape index (κ3) is 2.73. The van der Waals surface area contributed by atoms with Gasteiger partial charge in [0.05, 0.1) is 14.2 Å². The first-order valence-corrected chi connectivity index (χ1v) is 5.82. The standard InChI is InChI=1S/C11H13N5O5/c1-16(2)10-12-7(13-11(14-10)20-4)6-5(8(17)19-3)9(18)21-15-6/h5H,1-4H3. The van der Waals surface area contributed by atoms with E-state index >= 15 is 0 Å². The molecule has 1 aromatic rings. The molecule has 0 spiro atoms. The Morgan fingerprint density at radius 3 is 2.52 bits per heavy atom. The molecule has 0 bridgehead atoms. The van der Waals surface area contributed by atoms with Gasteiger partial charge in [-0.05, 0) is 0 Å². The Kier molecular flexibility index (Phi) is 3.96. The summed E-state index contributed by atoms with van der Waals surface area (Å²) in [5.41, 5.74) is -0.0457. The average Bonchev–Trinajstić information content (AvgIpc) is 2.87. The van der Waals surface area contributed by atoms with E-state index in [0.717, 1.165) is 7.11 Å². The Morgan fingerprint density at radius 2 is 1.95 bits per heavy atom. The SMILES string of the molecule is COC(=O)C1C(=O)ON=C1c1nc(OC)nc(N(C)C)n1. The lowest BCUT2D eigenvalue weighted by Gasteiger charge is -2.12. The highest BCUT2D eigenvalue weighted by molar-refractivity contribution is 6.23. The summed E-state index contributed by atoms with van der Waals surface area (Å²) in [7, 11) is 5.97. The largest absolute Gasteiger partial charge is 0.468 e. The Balaban J connectivity index is 2.47. The maximum atomic E-state index is 11.7. The maximum Gasteiger partial charge on any atom is 0.355 e. The average molecular weight is 295 g/mol. The summed E-state index contributed by atoms with van der Waals surface area (Å²) in [6.45, 7) is 0. The molecule has 10 nitrogen and oxygen atoms in total. The molecular weight excluding hydrogens is 282 g/mol. The summed E-state index contributed by atoms with van der Waals surface area (Å²) in [6.07, 6.45) is 0. The molecular formula is C11H13N5O5. The highest BCUT2D eigenvalue weighted by Crippen LogP contribution is 2.20. The van der Waals surface area contributed by atoms with Gasteiger partial charge >= 0.3 is 17.9 Å². The lowest BCUT2D eigenvalue weighted by molar-refractivity contribution is -0.154. The molecule has 0 saturated carbocycles. The fourth-order valence-corrected chi connectivity index (χ4v) is 1.56. The van der Waals surface area contributed by atoms with Gasteiger partial charge in [0.2, 0.25) is 11.9 Å². The first-order valence-electron chi connectivity index (χ1n) is 5.82. The van der Waals surface area contributed by atoms with E-state index in [1.807, 2.05) is 0 Å². The zero-order valence-corrected chi connectivity index (χ0v) is 11.9. The van der Waals surface area contributed by atoms with Gasteiger partial charge in [-0.2, -0.15) is 15.0 Å². The van der Waals surface area contributed by atoms with Gasteiger partial charge < -0.3 is 19.2 Å². The van der Waals surface area contributed by atoms with Gasteiger partial charge in [-0.15, -0.1) is 0 Å². The van der Waals surface area contributed by atoms with Crippen molar-refractivity contribution in [3.05, 3.63) is 5.82 Å². The normalized spacial score (nSPS) is 17.0. The number of carbonyl (C=O) groups excluding carboxylic acids is 2. The predicted octanol–water partition coefficient (Wildman–Crippen LogP) is -1.00. The molecule has 0 aromatic carbocycles. The van der Waals surface area contributed by atoms with Crippen molar-refractivity contribution in [2.24, 2.45) is 11.1 Å². The first kappa shape index (κ1) is 14.6. The summed E-state index contributed by atoms with van der Waals surface area (Å²) in [4.78, 5) is 41.5. The number of esters is 1. The minimum atomic E-state index is -1.32. The van der Waals surface area contributed by atoms with Crippen molar-refractivity contribution >= 4 is 23.6 Å². The second-order valence-corrected chi connectivity index (χ2v) is 4.18. The van der Waals surface area contributed by atoms with Crippen LogP contribution in [0.15, 0.2) is 5.16 Å². The van der Waals surface area contributed by atoms with E-state index in [-0.39, 0.29) is 23.5 Å². The van der Waals surface area contributed by atoms with E-state index in [1.165, 1.54) is 7.11 Å². The molecule has 1 unspecified atom stereocenters. The highest BCUT2D eigenvalue weighted by Gasteiger charge is 2.42. The summed E-state index contributed by atoms with van der Waals surface area (Å²) >= 11 is 0. The van der Waals surface area contributed by atoms with Crippen LogP contribution >= 0.6 is 0 Å². The lowest BCUT2D eigenvalue weighted by Crippen LogP contribution is -2.31. The van der Waals surface area contributed by atoms with Crippen LogP contribution in [0.3, 0.4) is 0 Å². The number of hydrogen-bond donors (Lipinski definition) is 0. The van der Waals surface area contributed by atoms with Gasteiger partial charge in [0.25, 0.3) is 0 Å². The molecule has 0 amide bonds. The van der Waals surface area contributed by atoms with Crippen LogP contribution in [0.5, 0.6) is 6.01 Å². The zero-order chi connectivity index (χ0) is 15.6. The number of aromatic nitrogens is 3. The Bertz CT molecular complexity index is 615. The topological polar surface area (TPSA) is 116 Å². The van der Waals surface area contributed by atoms with Crippen molar-refractivity contribution in [1.29, 1.82) is 0 Å². The number of oxime groups is 1. The number of ether oxygens (including phenoxy) is 2. The molecule has 0 radical (unpaired) electrons. The fraction of sp³-hybridized carbons (Fsp3) is 0.455. The Labute approximate surface area is 119 Å². The van der Waals surface area contributed by atoms with Crippen LogP contribution < -0.4 is 9.64 Å². The number of nitrogens with zero attached hydrogens (tertiary/aromatic N) is 5. The van der Waals surface area contributed by atoms with Crippen molar-refractivity contribution in [1.82, 2.24) is 15.0 Å². The maximum absolute atomic E-state index is 11.7. The van der Waals surface area contributed by atoms with E-state index < -0.39 is 17.9 Å². The quantitative estimate of drug-likeness (QED) is 0.391. The minimum absolute atomic E-state index is 0.00630. The Hall–Kier alpha value is -2.78. The van der Waals surface area contributed by atoms with Gasteiger partial charge in [-0.3, -0.25) is 4.79 Å². The third-order valence-corrected chi connectivity index (χ3v) is 2.59. The van der Waals surface area contributed by atoms with Gasteiger partial charge in [0, 0.05) is 14.1 Å². The van der Waals surface area contributed by atoms with Crippen molar-refractivity contribution in [3.63, 3.8) is 0 Å². The van der Waals surface area contributed by atoms with Gasteiger partial charge in [-0.25, -0.2) is 4.79 Å². The van der Waals surface area contributed by atoms with Gasteiger partial charge in [0.15, 0.2) is 11.5 Å². The molecule has 1 aromatic heterocycles. The summed E-state index contributed by atoms with van der Waals surface area (Å²) in [5.74, 6) is -2.68. The number of methoxy groups -OCH3 is 2. The summed E-state index contributed by atoms with van der Waals surface area (Å²) in [6, 6.07) is 0.0226. The fourth-order valence-electron chi connectivity index (χ4n) is 1.56. The Morgan fingerprint density at radius 1 is 1.24 bits per heavy atom. The molecule has 1 aliphatic rings. The molecule has 0 N–H and O–H groups in total. The molecule has 1 aliphatic heterocycles. The van der Waals surface area contributed by atoms with E-state index in [0.29, 0.717) is 0 Å². The van der Waals surface area contributed by atoms with Crippen molar-refractivity contribution in [2.75, 3.05) is 33.2 Å². The third-order valence-electron chi connectivity index (χ3n) is 2.59. The zero-order valence-electron chi connectivity index (χ0n) is 11.9. The molecule has 112 valence electrons. The molecule has 2 heterocycles. The van der Waals surface area contributed by atoms with Crippen LogP contribution in [0.4, 0.5) is 5.95 Å². The van der Waals surface area contributed by atoms with Crippen LogP contribution in [-0.2, 0) is 19.2 Å². The van der Waals surface area contributed by atoms with E-state index in [2.05, 4.69) is 29.7 Å². The van der Waals surface area contributed by atoms with E-state index in [1.54, 1.807) is 19.0 Å². The van der Waals surface area contributed by atoms with Crippen LogP contribution in [0.1, 0.15) is 5.82 Å².